The zero-order valence-corrected chi connectivity index (χ0v) is 25.6. The highest BCUT2D eigenvalue weighted by Crippen LogP contribution is 2.36. The molecule has 1 saturated heterocycles. The lowest BCUT2D eigenvalue weighted by molar-refractivity contribution is 0.290. The van der Waals surface area contributed by atoms with Crippen LogP contribution in [-0.2, 0) is 0 Å². The first-order valence-electron chi connectivity index (χ1n) is 15.0. The molecule has 4 rings (SSSR count). The van der Waals surface area contributed by atoms with Gasteiger partial charge in [0.25, 0.3) is 0 Å². The Bertz CT molecular complexity index is 1200. The van der Waals surface area contributed by atoms with E-state index in [1.165, 1.54) is 18.5 Å². The second-order valence-corrected chi connectivity index (χ2v) is 10.2. The molecular formula is C37H49NO4. The van der Waals surface area contributed by atoms with Crippen molar-refractivity contribution < 1.29 is 20.1 Å². The minimum absolute atomic E-state index is 0.141. The predicted octanol–water partition coefficient (Wildman–Crippen LogP) is 7.73. The summed E-state index contributed by atoms with van der Waals surface area (Å²) < 4.78 is 5.98. The molecule has 0 saturated carbocycles. The summed E-state index contributed by atoms with van der Waals surface area (Å²) in [7, 11) is 2.16. The fourth-order valence-electron chi connectivity index (χ4n) is 4.41. The van der Waals surface area contributed by atoms with Gasteiger partial charge in [-0.1, -0.05) is 86.3 Å². The molecule has 0 radical (unpaired) electrons. The molecule has 3 aromatic carbocycles. The summed E-state index contributed by atoms with van der Waals surface area (Å²) in [5.41, 5.74) is 5.55. The van der Waals surface area contributed by atoms with Crippen molar-refractivity contribution in [1.29, 1.82) is 0 Å². The number of phenolic OH excluding ortho intramolecular Hbond substituents is 1. The fraction of sp³-hybridized carbons (Fsp3) is 0.351. The van der Waals surface area contributed by atoms with Crippen molar-refractivity contribution in [2.75, 3.05) is 33.4 Å². The third kappa shape index (κ3) is 12.5. The third-order valence-corrected chi connectivity index (χ3v) is 6.80. The van der Waals surface area contributed by atoms with Crippen LogP contribution in [-0.4, -0.2) is 59.7 Å². The number of hydrogen-bond donors (Lipinski definition) is 3. The van der Waals surface area contributed by atoms with E-state index < -0.39 is 0 Å². The number of phenols is 1. The monoisotopic (exact) mass is 571 g/mol. The molecule has 3 aromatic rings. The maximum absolute atomic E-state index is 9.83. The van der Waals surface area contributed by atoms with Crippen molar-refractivity contribution in [1.82, 2.24) is 4.90 Å². The number of aliphatic hydroxyl groups excluding tert-OH is 2. The molecule has 5 nitrogen and oxygen atoms in total. The van der Waals surface area contributed by atoms with Crippen LogP contribution < -0.4 is 4.74 Å². The molecule has 5 heteroatoms. The van der Waals surface area contributed by atoms with Crippen LogP contribution in [0.5, 0.6) is 11.5 Å². The number of benzene rings is 3. The Labute approximate surface area is 253 Å². The van der Waals surface area contributed by atoms with Crippen LogP contribution in [0.3, 0.4) is 0 Å². The molecule has 0 amide bonds. The zero-order valence-electron chi connectivity index (χ0n) is 25.6. The second-order valence-electron chi connectivity index (χ2n) is 10.2. The van der Waals surface area contributed by atoms with Gasteiger partial charge in [0.05, 0.1) is 6.61 Å². The second kappa shape index (κ2) is 20.3. The van der Waals surface area contributed by atoms with Gasteiger partial charge in [-0.05, 0) is 98.2 Å². The molecule has 0 aliphatic carbocycles. The smallest absolute Gasteiger partial charge is 0.119 e. The van der Waals surface area contributed by atoms with Gasteiger partial charge in [-0.2, -0.15) is 0 Å². The maximum atomic E-state index is 9.83. The number of rotatable bonds is 13. The van der Waals surface area contributed by atoms with E-state index in [0.29, 0.717) is 13.0 Å². The summed E-state index contributed by atoms with van der Waals surface area (Å²) in [5.74, 6) is 1.13. The van der Waals surface area contributed by atoms with E-state index in [-0.39, 0.29) is 12.4 Å². The van der Waals surface area contributed by atoms with Crippen molar-refractivity contribution in [2.24, 2.45) is 0 Å². The Morgan fingerprint density at radius 2 is 1.50 bits per heavy atom. The SMILES string of the molecule is C=C/C=C\C.CCCO.CN1CC1CCCOc1ccc(/C(=C(/CCCO)c2ccccc2)c2ccc(O)cc2)cc1. The summed E-state index contributed by atoms with van der Waals surface area (Å²) in [5, 5.41) is 27.2. The van der Waals surface area contributed by atoms with Gasteiger partial charge in [0.2, 0.25) is 0 Å². The van der Waals surface area contributed by atoms with Crippen LogP contribution in [0.4, 0.5) is 0 Å². The highest BCUT2D eigenvalue weighted by Gasteiger charge is 2.28. The summed E-state index contributed by atoms with van der Waals surface area (Å²) in [4.78, 5) is 2.35. The molecule has 2 atom stereocenters. The summed E-state index contributed by atoms with van der Waals surface area (Å²) in [6, 6.07) is 26.7. The van der Waals surface area contributed by atoms with Crippen LogP contribution in [0.15, 0.2) is 104 Å². The van der Waals surface area contributed by atoms with Crippen LogP contribution in [0.1, 0.15) is 62.6 Å². The summed E-state index contributed by atoms with van der Waals surface area (Å²) in [6.07, 6.45) is 10.1. The van der Waals surface area contributed by atoms with E-state index >= 15 is 0 Å². The van der Waals surface area contributed by atoms with E-state index in [0.717, 1.165) is 59.9 Å². The van der Waals surface area contributed by atoms with E-state index in [2.05, 4.69) is 42.8 Å². The Morgan fingerprint density at radius 3 is 1.98 bits per heavy atom. The normalized spacial score (nSPS) is 15.9. The van der Waals surface area contributed by atoms with E-state index in [1.54, 1.807) is 18.2 Å². The van der Waals surface area contributed by atoms with Gasteiger partial charge in [0, 0.05) is 25.8 Å². The van der Waals surface area contributed by atoms with Gasteiger partial charge in [0.15, 0.2) is 0 Å². The molecule has 226 valence electrons. The van der Waals surface area contributed by atoms with Gasteiger partial charge in [-0.25, -0.2) is 0 Å². The molecule has 3 N–H and O–H groups in total. The van der Waals surface area contributed by atoms with Gasteiger partial charge >= 0.3 is 0 Å². The first kappa shape index (κ1) is 34.6. The zero-order chi connectivity index (χ0) is 30.6. The molecule has 1 fully saturated rings. The van der Waals surface area contributed by atoms with E-state index in [9.17, 15) is 10.2 Å². The first-order chi connectivity index (χ1) is 20.5. The fourth-order valence-corrected chi connectivity index (χ4v) is 4.41. The molecule has 1 aliphatic heterocycles. The molecular weight excluding hydrogens is 522 g/mol. The standard InChI is InChI=1S/C29H33NO3.C5H8.C3H8O/c1-30-21-25(30)9-6-20-33-27-17-13-24(14-18-27)29(23-11-15-26(32)16-12-23)28(10-5-19-31)22-7-3-2-4-8-22;1-3-5-4-2;1-2-3-4/h2-4,7-8,11-18,25,31-32H,5-6,9-10,19-21H2,1H3;3-5H,1H2,2H3;4H,2-3H2,1H3/b29-28-;5-4-;. The largest absolute Gasteiger partial charge is 0.508 e. The van der Waals surface area contributed by atoms with Crippen LogP contribution in [0, 0.1) is 0 Å². The molecule has 2 unspecified atom stereocenters. The highest BCUT2D eigenvalue weighted by molar-refractivity contribution is 5.98. The predicted molar refractivity (Wildman–Crippen MR) is 177 cm³/mol. The van der Waals surface area contributed by atoms with Crippen molar-refractivity contribution in [3.8, 4) is 11.5 Å². The first-order valence-corrected chi connectivity index (χ1v) is 15.0. The average Bonchev–Trinajstić information content (AvgIpc) is 3.74. The quantitative estimate of drug-likeness (QED) is 0.0847. The Hall–Kier alpha value is -3.64. The number of hydrogen-bond acceptors (Lipinski definition) is 5. The minimum atomic E-state index is 0.141. The van der Waals surface area contributed by atoms with Crippen LogP contribution in [0.2, 0.25) is 0 Å². The van der Waals surface area contributed by atoms with Gasteiger partial charge in [-0.15, -0.1) is 0 Å². The number of allylic oxidation sites excluding steroid dienone is 4. The van der Waals surface area contributed by atoms with Crippen LogP contribution in [0.25, 0.3) is 11.1 Å². The van der Waals surface area contributed by atoms with Crippen molar-refractivity contribution in [2.45, 2.75) is 52.0 Å². The van der Waals surface area contributed by atoms with Crippen molar-refractivity contribution >= 4 is 11.1 Å². The van der Waals surface area contributed by atoms with Gasteiger partial charge in [-0.3, -0.25) is 0 Å². The lowest BCUT2D eigenvalue weighted by Gasteiger charge is -2.18. The Kier molecular flexibility index (Phi) is 16.7. The number of likely N-dealkylation sites (N-methyl/N-ethyl adjacent to an activating group) is 1. The van der Waals surface area contributed by atoms with Crippen LogP contribution >= 0.6 is 0 Å². The molecule has 0 bridgehead atoms. The summed E-state index contributed by atoms with van der Waals surface area (Å²) >= 11 is 0. The Balaban J connectivity index is 0.000000600. The van der Waals surface area contributed by atoms with Gasteiger partial charge in [0.1, 0.15) is 11.5 Å². The minimum Gasteiger partial charge on any atom is -0.508 e. The number of nitrogens with zero attached hydrogens (tertiary/aromatic N) is 1. The lowest BCUT2D eigenvalue weighted by atomic mass is 9.87. The van der Waals surface area contributed by atoms with Crippen molar-refractivity contribution in [3.63, 3.8) is 0 Å². The molecule has 0 spiro atoms. The average molecular weight is 572 g/mol. The van der Waals surface area contributed by atoms with Crippen molar-refractivity contribution in [3.05, 3.63) is 120 Å². The molecule has 1 heterocycles. The molecule has 1 aliphatic rings. The third-order valence-electron chi connectivity index (χ3n) is 6.80. The van der Waals surface area contributed by atoms with E-state index in [4.69, 9.17) is 9.84 Å². The molecule has 42 heavy (non-hydrogen) atoms. The lowest BCUT2D eigenvalue weighted by Crippen LogP contribution is -2.02. The molecule has 0 aromatic heterocycles. The van der Waals surface area contributed by atoms with Gasteiger partial charge < -0.3 is 25.0 Å². The van der Waals surface area contributed by atoms with E-state index in [1.807, 2.05) is 68.5 Å². The number of ether oxygens (including phenoxy) is 1. The highest BCUT2D eigenvalue weighted by atomic mass is 16.5. The number of aromatic hydroxyl groups is 1. The number of aliphatic hydroxyl groups is 2. The maximum Gasteiger partial charge on any atom is 0.119 e. The summed E-state index contributed by atoms with van der Waals surface area (Å²) in [6.45, 7) is 9.76. The topological polar surface area (TPSA) is 72.9 Å². The Morgan fingerprint density at radius 1 is 0.905 bits per heavy atom.